The summed E-state index contributed by atoms with van der Waals surface area (Å²) in [5, 5.41) is 10.00. The van der Waals surface area contributed by atoms with Gasteiger partial charge in [0.2, 0.25) is 5.91 Å². The molecule has 0 saturated carbocycles. The molecule has 0 aliphatic carbocycles. The van der Waals surface area contributed by atoms with Gasteiger partial charge in [-0.15, -0.1) is 11.8 Å². The van der Waals surface area contributed by atoms with Crippen molar-refractivity contribution in [1.82, 2.24) is 4.90 Å². The van der Waals surface area contributed by atoms with E-state index in [2.05, 4.69) is 4.99 Å². The summed E-state index contributed by atoms with van der Waals surface area (Å²) in [7, 11) is 0. The number of carbonyl (C=O) groups excluding carboxylic acids is 2. The van der Waals surface area contributed by atoms with E-state index in [9.17, 15) is 14.7 Å². The van der Waals surface area contributed by atoms with Gasteiger partial charge in [0.15, 0.2) is 0 Å². The number of ether oxygens (including phenoxy) is 1. The van der Waals surface area contributed by atoms with Gasteiger partial charge in [0.1, 0.15) is 12.3 Å². The number of benzene rings is 2. The van der Waals surface area contributed by atoms with Gasteiger partial charge in [0.25, 0.3) is 0 Å². The summed E-state index contributed by atoms with van der Waals surface area (Å²) < 4.78 is 5.53. The van der Waals surface area contributed by atoms with Crippen molar-refractivity contribution < 1.29 is 19.4 Å². The van der Waals surface area contributed by atoms with Crippen LogP contribution in [0.25, 0.3) is 0 Å². The first kappa shape index (κ1) is 22.3. The molecular weight excluding hydrogens is 424 g/mol. The highest BCUT2D eigenvalue weighted by Crippen LogP contribution is 2.47. The summed E-state index contributed by atoms with van der Waals surface area (Å²) in [6, 6.07) is 19.1. The van der Waals surface area contributed by atoms with Gasteiger partial charge < -0.3 is 14.7 Å². The highest BCUT2D eigenvalue weighted by Gasteiger charge is 2.56. The summed E-state index contributed by atoms with van der Waals surface area (Å²) in [6.45, 7) is 2.36. The van der Waals surface area contributed by atoms with Crippen molar-refractivity contribution in [1.29, 1.82) is 0 Å². The van der Waals surface area contributed by atoms with Crippen LogP contribution in [-0.4, -0.2) is 52.5 Å². The quantitative estimate of drug-likeness (QED) is 0.274. The predicted molar refractivity (Wildman–Crippen MR) is 125 cm³/mol. The molecule has 4 rings (SSSR count). The molecule has 1 saturated heterocycles. The van der Waals surface area contributed by atoms with Gasteiger partial charge in [0.05, 0.1) is 18.1 Å². The van der Waals surface area contributed by atoms with Crippen LogP contribution in [0.15, 0.2) is 76.3 Å². The van der Waals surface area contributed by atoms with Crippen molar-refractivity contribution in [2.24, 2.45) is 10.9 Å². The normalized spacial score (nSPS) is 20.9. The van der Waals surface area contributed by atoms with Crippen molar-refractivity contribution in [3.63, 3.8) is 0 Å². The zero-order valence-corrected chi connectivity index (χ0v) is 18.7. The van der Waals surface area contributed by atoms with Crippen molar-refractivity contribution >= 4 is 29.9 Å². The number of hydrogen-bond donors (Lipinski definition) is 1. The molecule has 1 amide bonds. The fourth-order valence-corrected chi connectivity index (χ4v) is 5.12. The third-order valence-corrected chi connectivity index (χ3v) is 6.73. The first-order chi connectivity index (χ1) is 15.6. The third kappa shape index (κ3) is 4.79. The number of esters is 1. The number of β-lactam (4-membered cyclic amide) rings is 1. The molecule has 3 atom stereocenters. The highest BCUT2D eigenvalue weighted by molar-refractivity contribution is 8.03. The Balaban J connectivity index is 1.42. The second-order valence-electron chi connectivity index (χ2n) is 7.87. The van der Waals surface area contributed by atoms with Gasteiger partial charge in [-0.3, -0.25) is 9.79 Å². The molecule has 0 bridgehead atoms. The average Bonchev–Trinajstić information content (AvgIpc) is 3.12. The van der Waals surface area contributed by atoms with Crippen LogP contribution in [0.5, 0.6) is 0 Å². The summed E-state index contributed by atoms with van der Waals surface area (Å²) >= 11 is 1.53. The van der Waals surface area contributed by atoms with Crippen LogP contribution in [0, 0.1) is 5.92 Å². The largest absolute Gasteiger partial charge is 0.456 e. The molecule has 6 nitrogen and oxygen atoms in total. The van der Waals surface area contributed by atoms with E-state index in [0.717, 1.165) is 16.0 Å². The number of rotatable bonds is 9. The fourth-order valence-electron chi connectivity index (χ4n) is 4.07. The molecule has 7 heteroatoms. The van der Waals surface area contributed by atoms with Crippen molar-refractivity contribution in [3.8, 4) is 0 Å². The maximum Gasteiger partial charge on any atom is 0.356 e. The monoisotopic (exact) mass is 450 g/mol. The molecule has 0 unspecified atom stereocenters. The van der Waals surface area contributed by atoms with Crippen LogP contribution in [0.2, 0.25) is 0 Å². The minimum Gasteiger partial charge on any atom is -0.456 e. The summed E-state index contributed by atoms with van der Waals surface area (Å²) in [5.74, 6) is -0.498. The number of aliphatic hydroxyl groups is 1. The lowest BCUT2D eigenvalue weighted by Gasteiger charge is -2.44. The Morgan fingerprint density at radius 1 is 1.22 bits per heavy atom. The summed E-state index contributed by atoms with van der Waals surface area (Å²) in [6.07, 6.45) is 1.65. The molecule has 1 fully saturated rings. The maximum atomic E-state index is 12.9. The molecule has 0 aromatic heterocycles. The van der Waals surface area contributed by atoms with Gasteiger partial charge in [-0.2, -0.15) is 0 Å². The molecule has 32 heavy (non-hydrogen) atoms. The van der Waals surface area contributed by atoms with Crippen LogP contribution in [0.4, 0.5) is 0 Å². The van der Waals surface area contributed by atoms with Crippen LogP contribution in [0.3, 0.4) is 0 Å². The van der Waals surface area contributed by atoms with Crippen molar-refractivity contribution in [2.45, 2.75) is 32.1 Å². The second-order valence-corrected chi connectivity index (χ2v) is 9.06. The standard InChI is InChI=1S/C25H26N2O4S/c1-17(28)22-20-14-21(32-13-12-26-15-18-8-4-2-5-9-18)23(27(20)24(22)29)25(30)31-16-19-10-6-3-7-11-19/h2-11,15,17,20,22,28H,12-14,16H2,1H3/t17-,20-,22-/m1/s1. The van der Waals surface area contributed by atoms with Crippen LogP contribution in [-0.2, 0) is 20.9 Å². The number of hydrogen-bond acceptors (Lipinski definition) is 6. The van der Waals surface area contributed by atoms with Crippen molar-refractivity contribution in [2.75, 3.05) is 12.3 Å². The van der Waals surface area contributed by atoms with E-state index in [1.54, 1.807) is 6.92 Å². The molecular formula is C25H26N2O4S. The number of amides is 1. The van der Waals surface area contributed by atoms with E-state index in [0.29, 0.717) is 24.4 Å². The zero-order valence-electron chi connectivity index (χ0n) is 17.9. The minimum atomic E-state index is -0.745. The van der Waals surface area contributed by atoms with E-state index >= 15 is 0 Å². The number of aliphatic hydroxyl groups excluding tert-OH is 1. The number of carbonyl (C=O) groups is 2. The smallest absolute Gasteiger partial charge is 0.356 e. The Bertz CT molecular complexity index is 1020. The molecule has 2 aromatic carbocycles. The molecule has 2 aromatic rings. The zero-order chi connectivity index (χ0) is 22.5. The van der Waals surface area contributed by atoms with Crippen molar-refractivity contribution in [3.05, 3.63) is 82.4 Å². The van der Waals surface area contributed by atoms with E-state index in [-0.39, 0.29) is 18.6 Å². The van der Waals surface area contributed by atoms with Gasteiger partial charge >= 0.3 is 5.97 Å². The van der Waals surface area contributed by atoms with Crippen LogP contribution >= 0.6 is 11.8 Å². The Morgan fingerprint density at radius 3 is 2.59 bits per heavy atom. The van der Waals surface area contributed by atoms with E-state index < -0.39 is 18.0 Å². The lowest BCUT2D eigenvalue weighted by Crippen LogP contribution is -2.61. The molecule has 2 aliphatic heterocycles. The maximum absolute atomic E-state index is 12.9. The summed E-state index contributed by atoms with van der Waals surface area (Å²) in [4.78, 5) is 32.4. The van der Waals surface area contributed by atoms with Crippen LogP contribution in [0.1, 0.15) is 24.5 Å². The lowest BCUT2D eigenvalue weighted by atomic mass is 9.83. The summed E-state index contributed by atoms with van der Waals surface area (Å²) in [5.41, 5.74) is 2.25. The topological polar surface area (TPSA) is 79.2 Å². The fraction of sp³-hybridized carbons (Fsp3) is 0.320. The molecule has 0 spiro atoms. The number of thioether (sulfide) groups is 1. The van der Waals surface area contributed by atoms with Gasteiger partial charge in [-0.1, -0.05) is 60.7 Å². The molecule has 2 heterocycles. The van der Waals surface area contributed by atoms with Crippen LogP contribution < -0.4 is 0 Å². The SMILES string of the molecule is C[C@@H](O)[C@H]1C(=O)N2C(C(=O)OCc3ccccc3)=C(SCCN=Cc3ccccc3)C[C@H]12. The molecule has 0 radical (unpaired) electrons. The highest BCUT2D eigenvalue weighted by atomic mass is 32.2. The Hall–Kier alpha value is -2.90. The van der Waals surface area contributed by atoms with E-state index in [1.807, 2.05) is 66.9 Å². The number of nitrogens with zero attached hydrogens (tertiary/aromatic N) is 2. The number of fused-ring (bicyclic) bond motifs is 1. The predicted octanol–water partition coefficient (Wildman–Crippen LogP) is 3.41. The number of aliphatic imine (C=N–C) groups is 1. The molecule has 2 aliphatic rings. The Labute approximate surface area is 192 Å². The average molecular weight is 451 g/mol. The third-order valence-electron chi connectivity index (χ3n) is 5.63. The molecule has 166 valence electrons. The lowest BCUT2D eigenvalue weighted by molar-refractivity contribution is -0.162. The van der Waals surface area contributed by atoms with E-state index in [4.69, 9.17) is 4.74 Å². The second kappa shape index (κ2) is 10.1. The first-order valence-electron chi connectivity index (χ1n) is 10.7. The minimum absolute atomic E-state index is 0.148. The van der Waals surface area contributed by atoms with E-state index in [1.165, 1.54) is 16.7 Å². The van der Waals surface area contributed by atoms with Gasteiger partial charge in [-0.25, -0.2) is 4.79 Å². The first-order valence-corrected chi connectivity index (χ1v) is 11.7. The van der Waals surface area contributed by atoms with Gasteiger partial charge in [0, 0.05) is 29.8 Å². The Morgan fingerprint density at radius 2 is 1.91 bits per heavy atom. The Kier molecular flexibility index (Phi) is 7.07. The molecule has 1 N–H and O–H groups in total. The van der Waals surface area contributed by atoms with Gasteiger partial charge in [-0.05, 0) is 18.1 Å².